The Morgan fingerprint density at radius 2 is 2.07 bits per heavy atom. The van der Waals surface area contributed by atoms with E-state index in [1.165, 1.54) is 12.1 Å². The van der Waals surface area contributed by atoms with Gasteiger partial charge in [-0.2, -0.15) is 24.4 Å². The van der Waals surface area contributed by atoms with E-state index in [2.05, 4.69) is 31.8 Å². The van der Waals surface area contributed by atoms with Gasteiger partial charge in [-0.3, -0.25) is 4.68 Å². The van der Waals surface area contributed by atoms with Gasteiger partial charge in [0.2, 0.25) is 5.82 Å². The Labute approximate surface area is 152 Å². The summed E-state index contributed by atoms with van der Waals surface area (Å²) in [4.78, 5) is 0. The molecule has 0 unspecified atom stereocenters. The third kappa shape index (κ3) is 2.91. The van der Waals surface area contributed by atoms with Gasteiger partial charge in [-0.25, -0.2) is 0 Å². The second-order valence-electron chi connectivity index (χ2n) is 6.10. The summed E-state index contributed by atoms with van der Waals surface area (Å²) in [6, 6.07) is 13.5. The number of aryl methyl sites for hydroxylation is 1. The lowest BCUT2D eigenvalue weighted by molar-refractivity contribution is 0.0330. The van der Waals surface area contributed by atoms with E-state index < -0.39 is 11.7 Å². The molecule has 0 spiro atoms. The van der Waals surface area contributed by atoms with E-state index >= 15 is 0 Å². The first-order valence-corrected chi connectivity index (χ1v) is 8.07. The fourth-order valence-corrected chi connectivity index (χ4v) is 2.99. The average molecular weight is 365 g/mol. The van der Waals surface area contributed by atoms with Gasteiger partial charge in [-0.1, -0.05) is 24.3 Å². The maximum Gasteiger partial charge on any atom is 0.335 e. The number of nitriles is 1. The Morgan fingerprint density at radius 3 is 2.81 bits per heavy atom. The van der Waals surface area contributed by atoms with Crippen molar-refractivity contribution in [1.82, 2.24) is 30.4 Å². The van der Waals surface area contributed by atoms with Gasteiger partial charge < -0.3 is 0 Å². The Hall–Kier alpha value is -3.67. The zero-order valence-electron chi connectivity index (χ0n) is 14.2. The van der Waals surface area contributed by atoms with Crippen molar-refractivity contribution < 1.29 is 8.78 Å². The van der Waals surface area contributed by atoms with Crippen molar-refractivity contribution in [1.29, 1.82) is 5.26 Å². The van der Waals surface area contributed by atoms with E-state index in [1.807, 2.05) is 13.0 Å². The zero-order chi connectivity index (χ0) is 19.0. The van der Waals surface area contributed by atoms with Crippen LogP contribution in [0.25, 0.3) is 10.9 Å². The minimum absolute atomic E-state index is 0.247. The summed E-state index contributed by atoms with van der Waals surface area (Å²) < 4.78 is 31.0. The number of hydrogen-bond acceptors (Lipinski definition) is 5. The molecule has 0 aliphatic heterocycles. The smallest absolute Gasteiger partial charge is 0.260 e. The molecule has 2 aromatic carbocycles. The number of halogens is 2. The summed E-state index contributed by atoms with van der Waals surface area (Å²) in [6.07, 6.45) is 0. The minimum Gasteiger partial charge on any atom is -0.260 e. The van der Waals surface area contributed by atoms with Crippen LogP contribution in [0, 0.1) is 18.3 Å². The van der Waals surface area contributed by atoms with Crippen LogP contribution in [0.1, 0.15) is 28.2 Å². The fraction of sp³-hybridized carbons (Fsp3) is 0.167. The van der Waals surface area contributed by atoms with Gasteiger partial charge in [0.05, 0.1) is 29.4 Å². The number of fused-ring (bicyclic) bond motifs is 1. The van der Waals surface area contributed by atoms with Crippen LogP contribution in [0.4, 0.5) is 8.78 Å². The van der Waals surface area contributed by atoms with Crippen LogP contribution in [0.5, 0.6) is 0 Å². The number of benzene rings is 2. The summed E-state index contributed by atoms with van der Waals surface area (Å²) >= 11 is 0. The lowest BCUT2D eigenvalue weighted by atomic mass is 10.1. The van der Waals surface area contributed by atoms with Gasteiger partial charge in [0.15, 0.2) is 0 Å². The molecule has 2 heterocycles. The van der Waals surface area contributed by atoms with E-state index in [0.717, 1.165) is 16.6 Å². The normalized spacial score (nSPS) is 11.6. The van der Waals surface area contributed by atoms with E-state index in [9.17, 15) is 8.78 Å². The molecule has 0 saturated heterocycles. The molecule has 0 radical (unpaired) electrons. The highest BCUT2D eigenvalue weighted by Crippen LogP contribution is 2.35. The van der Waals surface area contributed by atoms with Gasteiger partial charge in [-0.05, 0) is 35.9 Å². The predicted molar refractivity (Wildman–Crippen MR) is 91.9 cm³/mol. The first-order chi connectivity index (χ1) is 13.0. The predicted octanol–water partition coefficient (Wildman–Crippen LogP) is 2.92. The number of nitrogens with one attached hydrogen (secondary N) is 1. The van der Waals surface area contributed by atoms with Gasteiger partial charge in [-0.15, -0.1) is 10.2 Å². The number of rotatable bonds is 4. The average Bonchev–Trinajstić information content (AvgIpc) is 3.31. The largest absolute Gasteiger partial charge is 0.335 e. The van der Waals surface area contributed by atoms with Crippen LogP contribution in [-0.4, -0.2) is 30.4 Å². The molecule has 27 heavy (non-hydrogen) atoms. The maximum absolute atomic E-state index is 14.7. The second kappa shape index (κ2) is 6.25. The number of aromatic amines is 1. The lowest BCUT2D eigenvalue weighted by Crippen LogP contribution is -2.17. The van der Waals surface area contributed by atoms with Gasteiger partial charge >= 0.3 is 5.92 Å². The SMILES string of the molecule is Cc1nn(Cc2cccc(C#N)c2)c2cc(C(F)(F)c3nn[nH]n3)ccc12. The quantitative estimate of drug-likeness (QED) is 0.600. The minimum atomic E-state index is -3.38. The monoisotopic (exact) mass is 365 g/mol. The van der Waals surface area contributed by atoms with E-state index in [0.29, 0.717) is 17.6 Å². The van der Waals surface area contributed by atoms with Crippen molar-refractivity contribution in [2.45, 2.75) is 19.4 Å². The highest BCUT2D eigenvalue weighted by Gasteiger charge is 2.39. The highest BCUT2D eigenvalue weighted by atomic mass is 19.3. The van der Waals surface area contributed by atoms with E-state index in [-0.39, 0.29) is 5.56 Å². The fourth-order valence-electron chi connectivity index (χ4n) is 2.99. The first kappa shape index (κ1) is 16.8. The number of H-pyrrole nitrogens is 1. The maximum atomic E-state index is 14.7. The molecular formula is C18H13F2N7. The molecule has 7 nitrogen and oxygen atoms in total. The molecule has 1 N–H and O–H groups in total. The molecule has 9 heteroatoms. The number of nitrogens with zero attached hydrogens (tertiary/aromatic N) is 6. The molecule has 0 amide bonds. The molecule has 0 fully saturated rings. The highest BCUT2D eigenvalue weighted by molar-refractivity contribution is 5.82. The van der Waals surface area contributed by atoms with Crippen LogP contribution < -0.4 is 0 Å². The van der Waals surface area contributed by atoms with Crippen molar-refractivity contribution in [3.63, 3.8) is 0 Å². The Morgan fingerprint density at radius 1 is 1.22 bits per heavy atom. The van der Waals surface area contributed by atoms with E-state index in [1.54, 1.807) is 28.9 Å². The first-order valence-electron chi connectivity index (χ1n) is 8.07. The van der Waals surface area contributed by atoms with Crippen molar-refractivity contribution in [2.75, 3.05) is 0 Å². The summed E-state index contributed by atoms with van der Waals surface area (Å²) in [6.45, 7) is 2.18. The molecule has 0 atom stereocenters. The Bertz CT molecular complexity index is 1160. The third-order valence-corrected chi connectivity index (χ3v) is 4.31. The Kier molecular flexibility index (Phi) is 3.88. The van der Waals surface area contributed by atoms with Crippen LogP contribution in [0.2, 0.25) is 0 Å². The lowest BCUT2D eigenvalue weighted by Gasteiger charge is -2.13. The zero-order valence-corrected chi connectivity index (χ0v) is 14.2. The van der Waals surface area contributed by atoms with Crippen molar-refractivity contribution >= 4 is 10.9 Å². The molecule has 4 rings (SSSR count). The molecule has 0 saturated carbocycles. The van der Waals surface area contributed by atoms with Crippen LogP contribution >= 0.6 is 0 Å². The molecule has 4 aromatic rings. The van der Waals surface area contributed by atoms with Gasteiger partial charge in [0.25, 0.3) is 0 Å². The summed E-state index contributed by atoms with van der Waals surface area (Å²) in [5.41, 5.74) is 2.44. The van der Waals surface area contributed by atoms with Crippen molar-refractivity contribution in [3.05, 3.63) is 70.7 Å². The number of aromatic nitrogens is 6. The standard InChI is InChI=1S/C18H13F2N7/c1-11-15-6-5-14(18(19,20)17-22-25-26-23-17)8-16(15)27(24-11)10-13-4-2-3-12(7-13)9-21/h2-8H,10H2,1H3,(H,22,23,25,26). The van der Waals surface area contributed by atoms with E-state index in [4.69, 9.17) is 5.26 Å². The molecule has 2 aromatic heterocycles. The van der Waals surface area contributed by atoms with Gasteiger partial charge in [0, 0.05) is 10.9 Å². The van der Waals surface area contributed by atoms with Gasteiger partial charge in [0.1, 0.15) is 0 Å². The number of tetrazole rings is 1. The Balaban J connectivity index is 1.79. The molecule has 0 bridgehead atoms. The third-order valence-electron chi connectivity index (χ3n) is 4.31. The number of alkyl halides is 2. The molecular weight excluding hydrogens is 352 g/mol. The van der Waals surface area contributed by atoms with Crippen molar-refractivity contribution in [3.8, 4) is 6.07 Å². The summed E-state index contributed by atoms with van der Waals surface area (Å²) in [5, 5.41) is 26.4. The summed E-state index contributed by atoms with van der Waals surface area (Å²) in [5.74, 6) is -4.07. The topological polar surface area (TPSA) is 96.1 Å². The van der Waals surface area contributed by atoms with Crippen molar-refractivity contribution in [2.24, 2.45) is 0 Å². The second-order valence-corrected chi connectivity index (χ2v) is 6.10. The molecule has 134 valence electrons. The molecule has 0 aliphatic carbocycles. The molecule has 0 aliphatic rings. The summed E-state index contributed by atoms with van der Waals surface area (Å²) in [7, 11) is 0. The van der Waals surface area contributed by atoms with Crippen LogP contribution in [-0.2, 0) is 12.5 Å². The number of hydrogen-bond donors (Lipinski definition) is 1. The van der Waals surface area contributed by atoms with Crippen LogP contribution in [0.15, 0.2) is 42.5 Å². The van der Waals surface area contributed by atoms with Crippen LogP contribution in [0.3, 0.4) is 0 Å².